The zero-order valence-corrected chi connectivity index (χ0v) is 17.2. The molecule has 2 atom stereocenters. The Morgan fingerprint density at radius 1 is 1.16 bits per heavy atom. The van der Waals surface area contributed by atoms with Gasteiger partial charge in [0.25, 0.3) is 5.69 Å². The molecular formula is C23H25FN4O3. The topological polar surface area (TPSA) is 78.7 Å². The first-order valence-corrected chi connectivity index (χ1v) is 10.8. The van der Waals surface area contributed by atoms with E-state index in [4.69, 9.17) is 0 Å². The van der Waals surface area contributed by atoms with Gasteiger partial charge in [0, 0.05) is 50.0 Å². The van der Waals surface area contributed by atoms with Crippen LogP contribution in [0.5, 0.6) is 0 Å². The van der Waals surface area contributed by atoms with Gasteiger partial charge in [0.05, 0.1) is 16.9 Å². The van der Waals surface area contributed by atoms with E-state index < -0.39 is 0 Å². The quantitative estimate of drug-likeness (QED) is 0.590. The molecule has 162 valence electrons. The number of fused-ring (bicyclic) bond motifs is 3. The lowest BCUT2D eigenvalue weighted by Gasteiger charge is -2.49. The van der Waals surface area contributed by atoms with E-state index in [0.717, 1.165) is 49.3 Å². The summed E-state index contributed by atoms with van der Waals surface area (Å²) in [6.07, 6.45) is 2.54. The minimum absolute atomic E-state index is 0.00176. The standard InChI is InChI=1S/C23H25FN4O3/c24-17-3-1-15(2-4-17)13-26-9-10-27-21-8-7-19(28(30)31)11-16(21)12-20(22(27)14-26)23(29)25-18-5-6-18/h1-4,7-8,11,18,20,22H,5-6,9-10,12-14H2,(H,25,29)/t20-,22+/m1/s1. The first-order valence-electron chi connectivity index (χ1n) is 10.8. The van der Waals surface area contributed by atoms with Crippen LogP contribution in [0.2, 0.25) is 0 Å². The summed E-state index contributed by atoms with van der Waals surface area (Å²) >= 11 is 0. The molecular weight excluding hydrogens is 399 g/mol. The van der Waals surface area contributed by atoms with Crippen LogP contribution in [-0.2, 0) is 17.8 Å². The van der Waals surface area contributed by atoms with Gasteiger partial charge in [-0.1, -0.05) is 12.1 Å². The van der Waals surface area contributed by atoms with Crippen molar-refractivity contribution in [2.75, 3.05) is 24.5 Å². The highest BCUT2D eigenvalue weighted by Gasteiger charge is 2.43. The first-order chi connectivity index (χ1) is 15.0. The molecule has 2 aliphatic heterocycles. The molecule has 5 rings (SSSR count). The number of benzene rings is 2. The molecule has 3 aliphatic rings. The zero-order chi connectivity index (χ0) is 21.5. The number of anilines is 1. The molecule has 0 spiro atoms. The minimum atomic E-state index is -0.383. The van der Waals surface area contributed by atoms with Crippen LogP contribution in [0.25, 0.3) is 0 Å². The number of carbonyl (C=O) groups is 1. The summed E-state index contributed by atoms with van der Waals surface area (Å²) in [5, 5.41) is 14.4. The third-order valence-corrected chi connectivity index (χ3v) is 6.57. The number of piperazine rings is 1. The van der Waals surface area contributed by atoms with Crippen LogP contribution in [0.3, 0.4) is 0 Å². The second-order valence-corrected chi connectivity index (χ2v) is 8.79. The summed E-state index contributed by atoms with van der Waals surface area (Å²) < 4.78 is 13.2. The highest BCUT2D eigenvalue weighted by Crippen LogP contribution is 2.38. The molecule has 1 saturated carbocycles. The average Bonchev–Trinajstić information content (AvgIpc) is 3.58. The van der Waals surface area contributed by atoms with E-state index in [1.165, 1.54) is 12.1 Å². The Morgan fingerprint density at radius 2 is 1.94 bits per heavy atom. The maximum absolute atomic E-state index is 13.2. The van der Waals surface area contributed by atoms with Crippen LogP contribution < -0.4 is 10.2 Å². The van der Waals surface area contributed by atoms with Crippen LogP contribution in [0.4, 0.5) is 15.8 Å². The lowest BCUT2D eigenvalue weighted by Crippen LogP contribution is -2.61. The predicted molar refractivity (Wildman–Crippen MR) is 114 cm³/mol. The fourth-order valence-corrected chi connectivity index (χ4v) is 4.81. The van der Waals surface area contributed by atoms with Crippen molar-refractivity contribution in [3.8, 4) is 0 Å². The molecule has 1 saturated heterocycles. The number of nitrogens with zero attached hydrogens (tertiary/aromatic N) is 3. The number of hydrogen-bond donors (Lipinski definition) is 1. The summed E-state index contributed by atoms with van der Waals surface area (Å²) in [4.78, 5) is 28.5. The van der Waals surface area contributed by atoms with Crippen molar-refractivity contribution in [1.82, 2.24) is 10.2 Å². The van der Waals surface area contributed by atoms with Gasteiger partial charge < -0.3 is 10.2 Å². The normalized spacial score (nSPS) is 23.1. The van der Waals surface area contributed by atoms with Crippen molar-refractivity contribution in [2.24, 2.45) is 5.92 Å². The molecule has 8 heteroatoms. The summed E-state index contributed by atoms with van der Waals surface area (Å²) in [5.74, 6) is -0.465. The Bertz CT molecular complexity index is 1010. The van der Waals surface area contributed by atoms with Crippen molar-refractivity contribution in [1.29, 1.82) is 0 Å². The van der Waals surface area contributed by atoms with Gasteiger partial charge in [-0.15, -0.1) is 0 Å². The Labute approximate surface area is 180 Å². The summed E-state index contributed by atoms with van der Waals surface area (Å²) in [6.45, 7) is 2.97. The molecule has 1 aliphatic carbocycles. The fraction of sp³-hybridized carbons (Fsp3) is 0.435. The number of nitro benzene ring substituents is 1. The molecule has 0 aromatic heterocycles. The van der Waals surface area contributed by atoms with E-state index in [2.05, 4.69) is 15.1 Å². The number of nitro groups is 1. The number of halogens is 1. The molecule has 0 radical (unpaired) electrons. The van der Waals surface area contributed by atoms with Gasteiger partial charge in [0.15, 0.2) is 0 Å². The number of rotatable bonds is 5. The third-order valence-electron chi connectivity index (χ3n) is 6.57. The lowest BCUT2D eigenvalue weighted by molar-refractivity contribution is -0.384. The molecule has 0 bridgehead atoms. The van der Waals surface area contributed by atoms with Gasteiger partial charge in [0.1, 0.15) is 5.82 Å². The van der Waals surface area contributed by atoms with E-state index in [1.54, 1.807) is 24.3 Å². The largest absolute Gasteiger partial charge is 0.365 e. The average molecular weight is 424 g/mol. The molecule has 2 heterocycles. The summed E-state index contributed by atoms with van der Waals surface area (Å²) in [6, 6.07) is 11.8. The van der Waals surface area contributed by atoms with Crippen LogP contribution in [0.15, 0.2) is 42.5 Å². The van der Waals surface area contributed by atoms with E-state index in [9.17, 15) is 19.3 Å². The van der Waals surface area contributed by atoms with Gasteiger partial charge in [-0.2, -0.15) is 0 Å². The zero-order valence-electron chi connectivity index (χ0n) is 17.2. The molecule has 1 amide bonds. The number of hydrogen-bond acceptors (Lipinski definition) is 5. The maximum atomic E-state index is 13.2. The number of nitrogens with one attached hydrogen (secondary N) is 1. The van der Waals surface area contributed by atoms with Crippen molar-refractivity contribution in [2.45, 2.75) is 37.9 Å². The number of non-ortho nitro benzene ring substituents is 1. The van der Waals surface area contributed by atoms with Crippen LogP contribution in [-0.4, -0.2) is 47.4 Å². The second-order valence-electron chi connectivity index (χ2n) is 8.79. The molecule has 1 N–H and O–H groups in total. The summed E-state index contributed by atoms with van der Waals surface area (Å²) in [7, 11) is 0. The van der Waals surface area contributed by atoms with Crippen molar-refractivity contribution >= 4 is 17.3 Å². The van der Waals surface area contributed by atoms with E-state index in [1.807, 2.05) is 6.07 Å². The van der Waals surface area contributed by atoms with Crippen molar-refractivity contribution < 1.29 is 14.1 Å². The lowest BCUT2D eigenvalue weighted by atomic mass is 9.83. The highest BCUT2D eigenvalue weighted by atomic mass is 19.1. The van der Waals surface area contributed by atoms with E-state index >= 15 is 0 Å². The van der Waals surface area contributed by atoms with Crippen molar-refractivity contribution in [3.63, 3.8) is 0 Å². The first kappa shape index (κ1) is 19.9. The number of carbonyl (C=O) groups excluding carboxylic acids is 1. The van der Waals surface area contributed by atoms with Crippen molar-refractivity contribution in [3.05, 3.63) is 69.5 Å². The van der Waals surface area contributed by atoms with Gasteiger partial charge in [-0.05, 0) is 48.6 Å². The second kappa shape index (κ2) is 7.92. The smallest absolute Gasteiger partial charge is 0.269 e. The highest BCUT2D eigenvalue weighted by molar-refractivity contribution is 5.82. The van der Waals surface area contributed by atoms with Gasteiger partial charge in [0.2, 0.25) is 5.91 Å². The molecule has 7 nitrogen and oxygen atoms in total. The third kappa shape index (κ3) is 4.12. The monoisotopic (exact) mass is 424 g/mol. The number of amides is 1. The minimum Gasteiger partial charge on any atom is -0.365 e. The maximum Gasteiger partial charge on any atom is 0.269 e. The van der Waals surface area contributed by atoms with Crippen LogP contribution >= 0.6 is 0 Å². The Hall–Kier alpha value is -3.00. The molecule has 0 unspecified atom stereocenters. The Balaban J connectivity index is 1.41. The van der Waals surface area contributed by atoms with E-state index in [-0.39, 0.29) is 40.3 Å². The molecule has 2 aromatic rings. The van der Waals surface area contributed by atoms with Crippen LogP contribution in [0, 0.1) is 21.8 Å². The Morgan fingerprint density at radius 3 is 2.65 bits per heavy atom. The molecule has 2 aromatic carbocycles. The van der Waals surface area contributed by atoms with Crippen LogP contribution in [0.1, 0.15) is 24.0 Å². The summed E-state index contributed by atoms with van der Waals surface area (Å²) in [5.41, 5.74) is 2.97. The fourth-order valence-electron chi connectivity index (χ4n) is 4.81. The molecule has 31 heavy (non-hydrogen) atoms. The van der Waals surface area contributed by atoms with E-state index in [0.29, 0.717) is 13.0 Å². The SMILES string of the molecule is O=C(NC1CC1)[C@@H]1Cc2cc([N+](=O)[O-])ccc2N2CCN(Cc3ccc(F)cc3)C[C@@H]12. The molecule has 2 fully saturated rings. The predicted octanol–water partition coefficient (Wildman–Crippen LogP) is 2.88. The Kier molecular flexibility index (Phi) is 5.09. The van der Waals surface area contributed by atoms with Gasteiger partial charge in [-0.25, -0.2) is 4.39 Å². The van der Waals surface area contributed by atoms with Gasteiger partial charge >= 0.3 is 0 Å². The van der Waals surface area contributed by atoms with Gasteiger partial charge in [-0.3, -0.25) is 19.8 Å².